The fourth-order valence-corrected chi connectivity index (χ4v) is 2.49. The van der Waals surface area contributed by atoms with E-state index in [4.69, 9.17) is 15.2 Å². The van der Waals surface area contributed by atoms with Crippen LogP contribution in [0, 0.1) is 0 Å². The summed E-state index contributed by atoms with van der Waals surface area (Å²) in [7, 11) is 1.56. The number of ether oxygens (including phenoxy) is 2. The summed E-state index contributed by atoms with van der Waals surface area (Å²) in [5.74, 6) is 1.08. The molecule has 7 heteroatoms. The first-order chi connectivity index (χ1) is 10.9. The standard InChI is InChI=1S/C16H26N4O3/c1-5-16(2,3)23-15(21)20-8-6-11(7-9-20)12-10-13(22-4)14(17)19-18-12/h10-11H,5-9H2,1-4H3,(H2,17,19). The summed E-state index contributed by atoms with van der Waals surface area (Å²) >= 11 is 0. The van der Waals surface area contributed by atoms with Gasteiger partial charge >= 0.3 is 6.09 Å². The van der Waals surface area contributed by atoms with Crippen LogP contribution in [0.15, 0.2) is 6.07 Å². The highest BCUT2D eigenvalue weighted by Gasteiger charge is 2.29. The molecule has 1 saturated heterocycles. The van der Waals surface area contributed by atoms with Crippen LogP contribution < -0.4 is 10.5 Å². The van der Waals surface area contributed by atoms with Crippen LogP contribution in [0.2, 0.25) is 0 Å². The summed E-state index contributed by atoms with van der Waals surface area (Å²) in [6.45, 7) is 7.16. The number of anilines is 1. The molecule has 0 saturated carbocycles. The molecule has 0 aliphatic carbocycles. The van der Waals surface area contributed by atoms with Crippen molar-refractivity contribution in [3.63, 3.8) is 0 Å². The first-order valence-corrected chi connectivity index (χ1v) is 8.01. The number of likely N-dealkylation sites (tertiary alicyclic amines) is 1. The first-order valence-electron chi connectivity index (χ1n) is 8.01. The van der Waals surface area contributed by atoms with E-state index in [1.807, 2.05) is 26.8 Å². The molecule has 1 fully saturated rings. The topological polar surface area (TPSA) is 90.6 Å². The number of carbonyl (C=O) groups is 1. The number of hydrogen-bond donors (Lipinski definition) is 1. The molecule has 2 rings (SSSR count). The Hall–Kier alpha value is -2.05. The van der Waals surface area contributed by atoms with Crippen LogP contribution in [0.3, 0.4) is 0 Å². The third-order valence-corrected chi connectivity index (χ3v) is 4.41. The van der Waals surface area contributed by atoms with Gasteiger partial charge in [-0.05, 0) is 33.1 Å². The minimum absolute atomic E-state index is 0.240. The zero-order valence-electron chi connectivity index (χ0n) is 14.3. The molecule has 0 bridgehead atoms. The predicted octanol–water partition coefficient (Wildman–Crippen LogP) is 2.57. The van der Waals surface area contributed by atoms with Gasteiger partial charge in [-0.2, -0.15) is 5.10 Å². The Morgan fingerprint density at radius 2 is 2.04 bits per heavy atom. The summed E-state index contributed by atoms with van der Waals surface area (Å²) in [5, 5.41) is 8.10. The molecule has 0 radical (unpaired) electrons. The lowest BCUT2D eigenvalue weighted by atomic mass is 9.93. The van der Waals surface area contributed by atoms with E-state index < -0.39 is 5.60 Å². The SMILES string of the molecule is CCC(C)(C)OC(=O)N1CCC(c2cc(OC)c(N)nn2)CC1. The number of nitrogens with two attached hydrogens (primary N) is 1. The maximum Gasteiger partial charge on any atom is 0.410 e. The quantitative estimate of drug-likeness (QED) is 0.916. The van der Waals surface area contributed by atoms with Crippen LogP contribution in [0.25, 0.3) is 0 Å². The van der Waals surface area contributed by atoms with Crippen molar-refractivity contribution in [3.8, 4) is 5.75 Å². The number of nitrogens with zero attached hydrogens (tertiary/aromatic N) is 3. The summed E-state index contributed by atoms with van der Waals surface area (Å²) in [5.41, 5.74) is 6.13. The second-order valence-corrected chi connectivity index (χ2v) is 6.47. The van der Waals surface area contributed by atoms with Gasteiger partial charge in [-0.15, -0.1) is 5.10 Å². The molecule has 2 heterocycles. The molecule has 7 nitrogen and oxygen atoms in total. The van der Waals surface area contributed by atoms with Crippen LogP contribution >= 0.6 is 0 Å². The maximum absolute atomic E-state index is 12.2. The van der Waals surface area contributed by atoms with Crippen molar-refractivity contribution in [1.29, 1.82) is 0 Å². The lowest BCUT2D eigenvalue weighted by molar-refractivity contribution is 0.00742. The van der Waals surface area contributed by atoms with Crippen LogP contribution in [0.1, 0.15) is 51.6 Å². The number of methoxy groups -OCH3 is 1. The monoisotopic (exact) mass is 322 g/mol. The molecule has 1 amide bonds. The van der Waals surface area contributed by atoms with E-state index in [2.05, 4.69) is 10.2 Å². The number of amides is 1. The van der Waals surface area contributed by atoms with E-state index in [-0.39, 0.29) is 12.0 Å². The van der Waals surface area contributed by atoms with Crippen molar-refractivity contribution in [1.82, 2.24) is 15.1 Å². The Morgan fingerprint density at radius 1 is 1.39 bits per heavy atom. The molecule has 1 aliphatic heterocycles. The average molecular weight is 322 g/mol. The lowest BCUT2D eigenvalue weighted by Gasteiger charge is -2.34. The highest BCUT2D eigenvalue weighted by molar-refractivity contribution is 5.68. The molecular formula is C16H26N4O3. The van der Waals surface area contributed by atoms with Crippen molar-refractivity contribution >= 4 is 11.9 Å². The van der Waals surface area contributed by atoms with E-state index >= 15 is 0 Å². The summed E-state index contributed by atoms with van der Waals surface area (Å²) < 4.78 is 10.7. The Balaban J connectivity index is 1.95. The molecule has 1 aromatic rings. The number of carbonyl (C=O) groups excluding carboxylic acids is 1. The number of nitrogen functional groups attached to an aromatic ring is 1. The van der Waals surface area contributed by atoms with Gasteiger partial charge in [0.05, 0.1) is 12.8 Å². The van der Waals surface area contributed by atoms with Gasteiger partial charge in [-0.1, -0.05) is 6.92 Å². The maximum atomic E-state index is 12.2. The zero-order valence-corrected chi connectivity index (χ0v) is 14.3. The molecule has 128 valence electrons. The second-order valence-electron chi connectivity index (χ2n) is 6.47. The molecule has 0 unspecified atom stereocenters. The average Bonchev–Trinajstić information content (AvgIpc) is 2.55. The van der Waals surface area contributed by atoms with E-state index in [9.17, 15) is 4.79 Å². The van der Waals surface area contributed by atoms with Crippen LogP contribution in [0.4, 0.5) is 10.6 Å². The van der Waals surface area contributed by atoms with Crippen LogP contribution in [-0.2, 0) is 4.74 Å². The van der Waals surface area contributed by atoms with Gasteiger partial charge in [0.1, 0.15) is 5.60 Å². The number of piperidine rings is 1. The van der Waals surface area contributed by atoms with Gasteiger partial charge in [0.15, 0.2) is 11.6 Å². The molecule has 1 aliphatic rings. The second kappa shape index (κ2) is 7.02. The number of aromatic nitrogens is 2. The minimum Gasteiger partial charge on any atom is -0.493 e. The van der Waals surface area contributed by atoms with Crippen LogP contribution in [0.5, 0.6) is 5.75 Å². The molecular weight excluding hydrogens is 296 g/mol. The van der Waals surface area contributed by atoms with Crippen molar-refractivity contribution in [2.24, 2.45) is 0 Å². The van der Waals surface area contributed by atoms with Crippen molar-refractivity contribution < 1.29 is 14.3 Å². The smallest absolute Gasteiger partial charge is 0.410 e. The Labute approximate surface area is 137 Å². The molecule has 1 aromatic heterocycles. The van der Waals surface area contributed by atoms with Gasteiger partial charge in [-0.3, -0.25) is 0 Å². The Kier molecular flexibility index (Phi) is 5.28. The fraction of sp³-hybridized carbons (Fsp3) is 0.688. The zero-order chi connectivity index (χ0) is 17.0. The molecule has 23 heavy (non-hydrogen) atoms. The van der Waals surface area contributed by atoms with E-state index in [0.29, 0.717) is 24.7 Å². The molecule has 0 atom stereocenters. The summed E-state index contributed by atoms with van der Waals surface area (Å²) in [6, 6.07) is 1.83. The van der Waals surface area contributed by atoms with Crippen molar-refractivity contribution in [2.75, 3.05) is 25.9 Å². The highest BCUT2D eigenvalue weighted by atomic mass is 16.6. The highest BCUT2D eigenvalue weighted by Crippen LogP contribution is 2.30. The molecule has 0 spiro atoms. The largest absolute Gasteiger partial charge is 0.493 e. The first kappa shape index (κ1) is 17.3. The van der Waals surface area contributed by atoms with Gasteiger partial charge in [-0.25, -0.2) is 4.79 Å². The Morgan fingerprint density at radius 3 is 2.61 bits per heavy atom. The normalized spacial score (nSPS) is 16.3. The third-order valence-electron chi connectivity index (χ3n) is 4.41. The fourth-order valence-electron chi connectivity index (χ4n) is 2.49. The summed E-state index contributed by atoms with van der Waals surface area (Å²) in [4.78, 5) is 14.0. The lowest BCUT2D eigenvalue weighted by Crippen LogP contribution is -2.42. The van der Waals surface area contributed by atoms with E-state index in [1.54, 1.807) is 12.0 Å². The van der Waals surface area contributed by atoms with Gasteiger partial charge in [0.25, 0.3) is 0 Å². The van der Waals surface area contributed by atoms with Crippen molar-refractivity contribution in [3.05, 3.63) is 11.8 Å². The summed E-state index contributed by atoms with van der Waals surface area (Å²) in [6.07, 6.45) is 2.19. The van der Waals surface area contributed by atoms with Gasteiger partial charge in [0.2, 0.25) is 0 Å². The predicted molar refractivity (Wildman–Crippen MR) is 87.4 cm³/mol. The molecule has 0 aromatic carbocycles. The Bertz CT molecular complexity index is 554. The van der Waals surface area contributed by atoms with Gasteiger partial charge in [0, 0.05) is 25.1 Å². The van der Waals surface area contributed by atoms with Crippen LogP contribution in [-0.4, -0.2) is 47.0 Å². The third kappa shape index (κ3) is 4.24. The number of hydrogen-bond acceptors (Lipinski definition) is 6. The van der Waals surface area contributed by atoms with E-state index in [1.165, 1.54) is 0 Å². The number of rotatable bonds is 4. The van der Waals surface area contributed by atoms with E-state index in [0.717, 1.165) is 25.0 Å². The minimum atomic E-state index is -0.427. The van der Waals surface area contributed by atoms with Crippen molar-refractivity contribution in [2.45, 2.75) is 51.6 Å². The molecule has 2 N–H and O–H groups in total. The van der Waals surface area contributed by atoms with Gasteiger partial charge < -0.3 is 20.1 Å².